The Morgan fingerprint density at radius 1 is 0.792 bits per heavy atom. The summed E-state index contributed by atoms with van der Waals surface area (Å²) >= 11 is 0. The second-order valence-corrected chi connectivity index (χ2v) is 8.92. The highest BCUT2D eigenvalue weighted by Gasteiger charge is 2.26. The highest BCUT2D eigenvalue weighted by Crippen LogP contribution is 2.28. The molecule has 2 atom stereocenters. The molecular weight excluding hydrogens is 296 g/mol. The van der Waals surface area contributed by atoms with Crippen LogP contribution in [0.1, 0.15) is 106 Å². The molecule has 1 aliphatic rings. The smallest absolute Gasteiger partial charge is 0.244 e. The monoisotopic (exact) mass is 338 g/mol. The molecule has 2 nitrogen and oxygen atoms in total. The van der Waals surface area contributed by atoms with Crippen molar-refractivity contribution in [1.29, 1.82) is 0 Å². The summed E-state index contributed by atoms with van der Waals surface area (Å²) in [5.41, 5.74) is 0. The lowest BCUT2D eigenvalue weighted by atomic mass is 9.92. The molecule has 0 aliphatic carbocycles. The normalized spacial score (nSPS) is 18.9. The molecular formula is C22H42O2. The summed E-state index contributed by atoms with van der Waals surface area (Å²) in [5.74, 6) is 3.20. The lowest BCUT2D eigenvalue weighted by Gasteiger charge is -2.18. The van der Waals surface area contributed by atoms with E-state index in [-0.39, 0.29) is 0 Å². The summed E-state index contributed by atoms with van der Waals surface area (Å²) < 4.78 is 11.2. The van der Waals surface area contributed by atoms with Crippen molar-refractivity contribution in [1.82, 2.24) is 0 Å². The van der Waals surface area contributed by atoms with E-state index in [1.54, 1.807) is 6.26 Å². The van der Waals surface area contributed by atoms with Crippen LogP contribution in [0.3, 0.4) is 0 Å². The maximum absolute atomic E-state index is 5.73. The Hall–Kier alpha value is -0.660. The molecule has 0 fully saturated rings. The number of unbranched alkanes of at least 4 members (excludes halogenated alkanes) is 1. The van der Waals surface area contributed by atoms with Gasteiger partial charge in [0.1, 0.15) is 12.0 Å². The molecule has 0 N–H and O–H groups in total. The van der Waals surface area contributed by atoms with Gasteiger partial charge in [-0.2, -0.15) is 0 Å². The van der Waals surface area contributed by atoms with Crippen molar-refractivity contribution in [2.75, 3.05) is 0 Å². The molecule has 0 bridgehead atoms. The van der Waals surface area contributed by atoms with Crippen LogP contribution in [0, 0.1) is 17.8 Å². The second kappa shape index (κ2) is 11.1. The standard InChI is InChI=1S/C22H42O2/c1-18(2)11-9-13-20(4)15-10-14-19(3)12-7-8-16-21-17-23-22(5,6)24-21/h17-20H,7-16H2,1-6H3. The predicted octanol–water partition coefficient (Wildman–Crippen LogP) is 7.44. The van der Waals surface area contributed by atoms with Crippen molar-refractivity contribution < 1.29 is 9.47 Å². The first-order valence-electron chi connectivity index (χ1n) is 10.3. The predicted molar refractivity (Wildman–Crippen MR) is 104 cm³/mol. The van der Waals surface area contributed by atoms with Crippen molar-refractivity contribution in [3.63, 3.8) is 0 Å². The summed E-state index contributed by atoms with van der Waals surface area (Å²) in [6.45, 7) is 13.4. The Labute approximate surface area is 151 Å². The van der Waals surface area contributed by atoms with Crippen LogP contribution in [0.15, 0.2) is 12.0 Å². The van der Waals surface area contributed by atoms with Gasteiger partial charge >= 0.3 is 0 Å². The number of allylic oxidation sites excluding steroid dienone is 1. The van der Waals surface area contributed by atoms with Gasteiger partial charge in [-0.3, -0.25) is 0 Å². The van der Waals surface area contributed by atoms with Crippen molar-refractivity contribution in [3.05, 3.63) is 12.0 Å². The third kappa shape index (κ3) is 10.3. The minimum Gasteiger partial charge on any atom is -0.457 e. The largest absolute Gasteiger partial charge is 0.457 e. The van der Waals surface area contributed by atoms with Crippen molar-refractivity contribution in [3.8, 4) is 0 Å². The Morgan fingerprint density at radius 2 is 1.33 bits per heavy atom. The van der Waals surface area contributed by atoms with Gasteiger partial charge in [-0.25, -0.2) is 0 Å². The van der Waals surface area contributed by atoms with Crippen LogP contribution in [-0.4, -0.2) is 5.79 Å². The molecule has 2 heteroatoms. The molecule has 1 aliphatic heterocycles. The average Bonchev–Trinajstić information content (AvgIpc) is 2.82. The SMILES string of the molecule is CC(C)CCCC(C)CCCC(C)CCCCC1=COC(C)(C)O1. The molecule has 0 radical (unpaired) electrons. The summed E-state index contributed by atoms with van der Waals surface area (Å²) in [4.78, 5) is 0. The maximum Gasteiger partial charge on any atom is 0.244 e. The van der Waals surface area contributed by atoms with Gasteiger partial charge in [0.15, 0.2) is 0 Å². The number of rotatable bonds is 13. The zero-order valence-electron chi connectivity index (χ0n) is 17.2. The fraction of sp³-hybridized carbons (Fsp3) is 0.909. The van der Waals surface area contributed by atoms with Crippen LogP contribution >= 0.6 is 0 Å². The molecule has 24 heavy (non-hydrogen) atoms. The number of hydrogen-bond donors (Lipinski definition) is 0. The third-order valence-corrected chi connectivity index (χ3v) is 5.09. The maximum atomic E-state index is 5.73. The van der Waals surface area contributed by atoms with Crippen molar-refractivity contribution in [2.45, 2.75) is 112 Å². The zero-order chi connectivity index (χ0) is 18.0. The summed E-state index contributed by atoms with van der Waals surface area (Å²) in [6, 6.07) is 0. The lowest BCUT2D eigenvalue weighted by Crippen LogP contribution is -2.20. The summed E-state index contributed by atoms with van der Waals surface area (Å²) in [6.07, 6.45) is 15.1. The van der Waals surface area contributed by atoms with Crippen LogP contribution < -0.4 is 0 Å². The quantitative estimate of drug-likeness (QED) is 0.325. The van der Waals surface area contributed by atoms with E-state index in [9.17, 15) is 0 Å². The third-order valence-electron chi connectivity index (χ3n) is 5.09. The molecule has 0 aromatic heterocycles. The summed E-state index contributed by atoms with van der Waals surface area (Å²) in [7, 11) is 0. The van der Waals surface area contributed by atoms with E-state index >= 15 is 0 Å². The molecule has 142 valence electrons. The molecule has 0 amide bonds. The van der Waals surface area contributed by atoms with Crippen LogP contribution in [0.25, 0.3) is 0 Å². The lowest BCUT2D eigenvalue weighted by molar-refractivity contribution is -0.117. The van der Waals surface area contributed by atoms with Gasteiger partial charge in [0.25, 0.3) is 0 Å². The van der Waals surface area contributed by atoms with Crippen LogP contribution in [0.2, 0.25) is 0 Å². The van der Waals surface area contributed by atoms with E-state index in [1.807, 2.05) is 13.8 Å². The Bertz CT molecular complexity index is 357. The van der Waals surface area contributed by atoms with Gasteiger partial charge in [-0.05, 0) is 24.2 Å². The van der Waals surface area contributed by atoms with Crippen molar-refractivity contribution in [2.24, 2.45) is 17.8 Å². The van der Waals surface area contributed by atoms with Crippen molar-refractivity contribution >= 4 is 0 Å². The Kier molecular flexibility index (Phi) is 9.85. The van der Waals surface area contributed by atoms with Gasteiger partial charge in [0.2, 0.25) is 5.79 Å². The fourth-order valence-electron chi connectivity index (χ4n) is 3.45. The van der Waals surface area contributed by atoms with Gasteiger partial charge in [0.05, 0.1) is 0 Å². The fourth-order valence-corrected chi connectivity index (χ4v) is 3.45. The molecule has 1 heterocycles. The topological polar surface area (TPSA) is 18.5 Å². The minimum atomic E-state index is -0.450. The van der Waals surface area contributed by atoms with Crippen LogP contribution in [-0.2, 0) is 9.47 Å². The second-order valence-electron chi connectivity index (χ2n) is 8.92. The van der Waals surface area contributed by atoms with E-state index < -0.39 is 5.79 Å². The van der Waals surface area contributed by atoms with Gasteiger partial charge in [-0.15, -0.1) is 0 Å². The first kappa shape index (κ1) is 21.4. The van der Waals surface area contributed by atoms with E-state index in [1.165, 1.54) is 57.8 Å². The van der Waals surface area contributed by atoms with Crippen LogP contribution in [0.5, 0.6) is 0 Å². The zero-order valence-corrected chi connectivity index (χ0v) is 17.2. The first-order valence-corrected chi connectivity index (χ1v) is 10.3. The van der Waals surface area contributed by atoms with Gasteiger partial charge < -0.3 is 9.47 Å². The molecule has 2 unspecified atom stereocenters. The molecule has 0 aromatic rings. The molecule has 0 saturated heterocycles. The van der Waals surface area contributed by atoms with Gasteiger partial charge in [0, 0.05) is 20.3 Å². The average molecular weight is 339 g/mol. The number of ether oxygens (including phenoxy) is 2. The first-order chi connectivity index (χ1) is 11.3. The number of hydrogen-bond acceptors (Lipinski definition) is 2. The highest BCUT2D eigenvalue weighted by atomic mass is 16.7. The molecule has 1 rings (SSSR count). The van der Waals surface area contributed by atoms with E-state index in [0.717, 1.165) is 29.9 Å². The molecule has 0 spiro atoms. The van der Waals surface area contributed by atoms with E-state index in [2.05, 4.69) is 27.7 Å². The highest BCUT2D eigenvalue weighted by molar-refractivity contribution is 4.94. The summed E-state index contributed by atoms with van der Waals surface area (Å²) in [5, 5.41) is 0. The van der Waals surface area contributed by atoms with Crippen LogP contribution in [0.4, 0.5) is 0 Å². The molecule has 0 aromatic carbocycles. The van der Waals surface area contributed by atoms with Gasteiger partial charge in [-0.1, -0.05) is 79.1 Å². The molecule has 0 saturated carbocycles. The Balaban J connectivity index is 1.95. The van der Waals surface area contributed by atoms with E-state index in [0.29, 0.717) is 0 Å². The minimum absolute atomic E-state index is 0.450. The van der Waals surface area contributed by atoms with E-state index in [4.69, 9.17) is 9.47 Å². The Morgan fingerprint density at radius 3 is 1.83 bits per heavy atom.